The summed E-state index contributed by atoms with van der Waals surface area (Å²) in [7, 11) is 0. The molecule has 0 aromatic heterocycles. The second-order valence-corrected chi connectivity index (χ2v) is 2.75. The van der Waals surface area contributed by atoms with Gasteiger partial charge in [-0.25, -0.2) is 0 Å². The Labute approximate surface area is 69.5 Å². The molecule has 0 aliphatic rings. The molecule has 0 aromatic rings. The third-order valence-corrected chi connectivity index (χ3v) is 1.48. The van der Waals surface area contributed by atoms with Gasteiger partial charge in [-0.15, -0.1) is 0 Å². The van der Waals surface area contributed by atoms with Gasteiger partial charge in [0.15, 0.2) is 0 Å². The van der Waals surface area contributed by atoms with E-state index >= 15 is 0 Å². The molecule has 0 amide bonds. The van der Waals surface area contributed by atoms with Crippen LogP contribution in [0.1, 0.15) is 20.8 Å². The first kappa shape index (κ1) is 10.0. The molecule has 0 saturated carbocycles. The summed E-state index contributed by atoms with van der Waals surface area (Å²) in [5.41, 5.74) is 2.04. The smallest absolute Gasteiger partial charge is 0.0302 e. The Morgan fingerprint density at radius 1 is 1.45 bits per heavy atom. The molecule has 11 heavy (non-hydrogen) atoms. The Hall–Kier alpha value is -0.980. The van der Waals surface area contributed by atoms with Crippen LogP contribution in [0.5, 0.6) is 0 Å². The van der Waals surface area contributed by atoms with Crippen LogP contribution in [0.25, 0.3) is 0 Å². The Bertz CT molecular complexity index is 175. The molecule has 0 heterocycles. The van der Waals surface area contributed by atoms with Crippen molar-refractivity contribution >= 4 is 0 Å². The van der Waals surface area contributed by atoms with Gasteiger partial charge in [0, 0.05) is 11.4 Å². The molecule has 0 fully saturated rings. The van der Waals surface area contributed by atoms with E-state index in [1.54, 1.807) is 6.08 Å². The molecular weight excluding hydrogens is 134 g/mol. The average Bonchev–Trinajstić information content (AvgIpc) is 1.99. The van der Waals surface area contributed by atoms with Crippen LogP contribution in [0.2, 0.25) is 0 Å². The maximum Gasteiger partial charge on any atom is 0.0302 e. The van der Waals surface area contributed by atoms with Gasteiger partial charge in [-0.05, 0) is 18.9 Å². The monoisotopic (exact) mass is 151 g/mol. The molecule has 0 aliphatic heterocycles. The summed E-state index contributed by atoms with van der Waals surface area (Å²) in [5, 5.41) is 3.16. The van der Waals surface area contributed by atoms with Crippen molar-refractivity contribution in [2.45, 2.75) is 20.8 Å². The van der Waals surface area contributed by atoms with Gasteiger partial charge in [-0.3, -0.25) is 0 Å². The third kappa shape index (κ3) is 3.66. The fourth-order valence-electron chi connectivity index (χ4n) is 0.786. The molecule has 0 atom stereocenters. The van der Waals surface area contributed by atoms with Crippen molar-refractivity contribution in [3.05, 3.63) is 36.7 Å². The van der Waals surface area contributed by atoms with Crippen LogP contribution in [0.15, 0.2) is 36.7 Å². The lowest BCUT2D eigenvalue weighted by molar-refractivity contribution is 0.704. The van der Waals surface area contributed by atoms with Gasteiger partial charge in [0.1, 0.15) is 0 Å². The SMILES string of the molecule is C=CC(=C)N/C(=C\C)C(C)C. The molecule has 0 rings (SSSR count). The third-order valence-electron chi connectivity index (χ3n) is 1.48. The minimum absolute atomic E-state index is 0.511. The lowest BCUT2D eigenvalue weighted by atomic mass is 10.1. The molecule has 0 aromatic carbocycles. The Kier molecular flexibility index (Phi) is 4.35. The fraction of sp³-hybridized carbons (Fsp3) is 0.400. The van der Waals surface area contributed by atoms with E-state index in [-0.39, 0.29) is 0 Å². The van der Waals surface area contributed by atoms with E-state index in [1.165, 1.54) is 5.70 Å². The van der Waals surface area contributed by atoms with Crippen LogP contribution in [-0.2, 0) is 0 Å². The van der Waals surface area contributed by atoms with E-state index in [0.717, 1.165) is 5.70 Å². The Morgan fingerprint density at radius 2 is 2.00 bits per heavy atom. The van der Waals surface area contributed by atoms with Crippen LogP contribution >= 0.6 is 0 Å². The summed E-state index contributed by atoms with van der Waals surface area (Å²) in [5.74, 6) is 0.511. The van der Waals surface area contributed by atoms with Crippen LogP contribution in [0.3, 0.4) is 0 Å². The normalized spacial score (nSPS) is 11.5. The van der Waals surface area contributed by atoms with E-state index in [2.05, 4.69) is 38.4 Å². The predicted octanol–water partition coefficient (Wildman–Crippen LogP) is 2.84. The number of rotatable bonds is 4. The molecule has 0 radical (unpaired) electrons. The molecule has 0 bridgehead atoms. The van der Waals surface area contributed by atoms with Crippen molar-refractivity contribution in [3.63, 3.8) is 0 Å². The van der Waals surface area contributed by atoms with E-state index < -0.39 is 0 Å². The van der Waals surface area contributed by atoms with Gasteiger partial charge < -0.3 is 5.32 Å². The molecular formula is C10H17N. The summed E-state index contributed by atoms with van der Waals surface area (Å²) >= 11 is 0. The number of allylic oxidation sites excluding steroid dienone is 3. The van der Waals surface area contributed by atoms with Crippen LogP contribution in [-0.4, -0.2) is 0 Å². The Balaban J connectivity index is 4.11. The first-order valence-corrected chi connectivity index (χ1v) is 3.86. The van der Waals surface area contributed by atoms with Crippen molar-refractivity contribution in [1.29, 1.82) is 0 Å². The lowest BCUT2D eigenvalue weighted by Gasteiger charge is -2.13. The van der Waals surface area contributed by atoms with Gasteiger partial charge in [-0.1, -0.05) is 33.1 Å². The summed E-state index contributed by atoms with van der Waals surface area (Å²) < 4.78 is 0. The fourth-order valence-corrected chi connectivity index (χ4v) is 0.786. The summed E-state index contributed by atoms with van der Waals surface area (Å²) in [6.07, 6.45) is 3.77. The van der Waals surface area contributed by atoms with Gasteiger partial charge in [0.05, 0.1) is 0 Å². The highest BCUT2D eigenvalue weighted by atomic mass is 14.9. The zero-order chi connectivity index (χ0) is 8.85. The van der Waals surface area contributed by atoms with Crippen LogP contribution < -0.4 is 5.32 Å². The number of hydrogen-bond donors (Lipinski definition) is 1. The van der Waals surface area contributed by atoms with Gasteiger partial charge >= 0.3 is 0 Å². The molecule has 1 heteroatoms. The minimum Gasteiger partial charge on any atom is -0.359 e. The average molecular weight is 151 g/mol. The zero-order valence-electron chi connectivity index (χ0n) is 7.65. The highest BCUT2D eigenvalue weighted by molar-refractivity contribution is 5.17. The maximum absolute atomic E-state index is 3.77. The molecule has 1 nitrogen and oxygen atoms in total. The quantitative estimate of drug-likeness (QED) is 0.609. The van der Waals surface area contributed by atoms with Gasteiger partial charge in [-0.2, -0.15) is 0 Å². The first-order chi connectivity index (χ1) is 5.11. The van der Waals surface area contributed by atoms with Crippen LogP contribution in [0.4, 0.5) is 0 Å². The van der Waals surface area contributed by atoms with Crippen molar-refractivity contribution in [1.82, 2.24) is 5.32 Å². The maximum atomic E-state index is 3.77. The molecule has 62 valence electrons. The molecule has 0 spiro atoms. The van der Waals surface area contributed by atoms with Crippen molar-refractivity contribution < 1.29 is 0 Å². The van der Waals surface area contributed by atoms with Crippen LogP contribution in [0, 0.1) is 5.92 Å². The first-order valence-electron chi connectivity index (χ1n) is 3.86. The topological polar surface area (TPSA) is 12.0 Å². The van der Waals surface area contributed by atoms with E-state index in [0.29, 0.717) is 5.92 Å². The van der Waals surface area contributed by atoms with Crippen molar-refractivity contribution in [2.24, 2.45) is 5.92 Å². The standard InChI is InChI=1S/C10H17N/c1-6-9(5)11-10(7-2)8(3)4/h6-8,11H,1,5H2,2-4H3/b10-7-. The number of nitrogens with one attached hydrogen (secondary N) is 1. The summed E-state index contributed by atoms with van der Waals surface area (Å²) in [6.45, 7) is 13.7. The number of hydrogen-bond acceptors (Lipinski definition) is 1. The molecule has 1 N–H and O–H groups in total. The zero-order valence-corrected chi connectivity index (χ0v) is 7.65. The molecule has 0 saturated heterocycles. The lowest BCUT2D eigenvalue weighted by Crippen LogP contribution is -2.14. The van der Waals surface area contributed by atoms with E-state index in [4.69, 9.17) is 0 Å². The minimum atomic E-state index is 0.511. The summed E-state index contributed by atoms with van der Waals surface area (Å²) in [6, 6.07) is 0. The molecule has 0 unspecified atom stereocenters. The highest BCUT2D eigenvalue weighted by Crippen LogP contribution is 2.06. The highest BCUT2D eigenvalue weighted by Gasteiger charge is 1.99. The summed E-state index contributed by atoms with van der Waals surface area (Å²) in [4.78, 5) is 0. The second-order valence-electron chi connectivity index (χ2n) is 2.75. The predicted molar refractivity (Wildman–Crippen MR) is 51.1 cm³/mol. The van der Waals surface area contributed by atoms with E-state index in [1.807, 2.05) is 6.92 Å². The van der Waals surface area contributed by atoms with Crippen molar-refractivity contribution in [3.8, 4) is 0 Å². The van der Waals surface area contributed by atoms with Gasteiger partial charge in [0.2, 0.25) is 0 Å². The van der Waals surface area contributed by atoms with E-state index in [9.17, 15) is 0 Å². The van der Waals surface area contributed by atoms with Crippen molar-refractivity contribution in [2.75, 3.05) is 0 Å². The second kappa shape index (κ2) is 4.78. The molecule has 0 aliphatic carbocycles. The largest absolute Gasteiger partial charge is 0.359 e. The Morgan fingerprint density at radius 3 is 2.27 bits per heavy atom. The van der Waals surface area contributed by atoms with Gasteiger partial charge in [0.25, 0.3) is 0 Å².